The molecule has 2 heterocycles. The van der Waals surface area contributed by atoms with E-state index >= 15 is 0 Å². The van der Waals surface area contributed by atoms with E-state index in [4.69, 9.17) is 15.2 Å². The lowest BCUT2D eigenvalue weighted by Crippen LogP contribution is -2.60. The SMILES string of the molecule is C[C@H](NC(=O)[C@@H](Cc1c[nH]c2ccccc12)NC(=O)[C@@H](COCc1ccccc1)NC(=O)[C@@H](Cc1ccccc1)NC(=O)[C@@H](Cc1cnc[nH]1)NC(=O)OCc1ccccc1)C(N)=O. The van der Waals surface area contributed by atoms with Gasteiger partial charge in [-0.15, -0.1) is 0 Å². The lowest BCUT2D eigenvalue weighted by Gasteiger charge is -2.27. The van der Waals surface area contributed by atoms with Crippen LogP contribution >= 0.6 is 0 Å². The summed E-state index contributed by atoms with van der Waals surface area (Å²) < 4.78 is 11.4. The third-order valence-corrected chi connectivity index (χ3v) is 10.3. The number of para-hydroxylation sites is 1. The minimum Gasteiger partial charge on any atom is -0.445 e. The van der Waals surface area contributed by atoms with Crippen molar-refractivity contribution in [1.29, 1.82) is 0 Å². The van der Waals surface area contributed by atoms with Gasteiger partial charge in [-0.1, -0.05) is 109 Å². The number of ether oxygens (including phenoxy) is 2. The average molecular weight is 870 g/mol. The molecule has 0 radical (unpaired) electrons. The van der Waals surface area contributed by atoms with E-state index in [9.17, 15) is 28.8 Å². The Kier molecular flexibility index (Phi) is 16.3. The molecule has 0 fully saturated rings. The van der Waals surface area contributed by atoms with Gasteiger partial charge in [0.25, 0.3) is 0 Å². The van der Waals surface area contributed by atoms with Gasteiger partial charge in [0.1, 0.15) is 36.8 Å². The van der Waals surface area contributed by atoms with Gasteiger partial charge >= 0.3 is 6.09 Å². The van der Waals surface area contributed by atoms with Gasteiger partial charge in [0, 0.05) is 48.3 Å². The molecule has 332 valence electrons. The number of nitrogens with one attached hydrogen (secondary N) is 7. The molecule has 6 amide bonds. The number of aromatic nitrogens is 3. The number of nitrogens with zero attached hydrogens (tertiary/aromatic N) is 1. The van der Waals surface area contributed by atoms with Crippen molar-refractivity contribution in [2.45, 2.75) is 69.6 Å². The molecule has 0 saturated carbocycles. The lowest BCUT2D eigenvalue weighted by atomic mass is 10.0. The van der Waals surface area contributed by atoms with Crippen LogP contribution in [0.3, 0.4) is 0 Å². The van der Waals surface area contributed by atoms with Crippen LogP contribution in [0.25, 0.3) is 10.9 Å². The fraction of sp³-hybridized carbons (Fsp3) is 0.255. The Morgan fingerprint density at radius 2 is 1.12 bits per heavy atom. The number of benzene rings is 4. The van der Waals surface area contributed by atoms with Gasteiger partial charge in [-0.25, -0.2) is 9.78 Å². The van der Waals surface area contributed by atoms with Crippen molar-refractivity contribution in [1.82, 2.24) is 41.5 Å². The largest absolute Gasteiger partial charge is 0.445 e. The first kappa shape index (κ1) is 45.7. The van der Waals surface area contributed by atoms with Gasteiger partial charge in [0.2, 0.25) is 29.5 Å². The highest BCUT2D eigenvalue weighted by Gasteiger charge is 2.33. The third-order valence-electron chi connectivity index (χ3n) is 10.3. The van der Waals surface area contributed by atoms with Gasteiger partial charge < -0.3 is 51.8 Å². The van der Waals surface area contributed by atoms with E-state index < -0.39 is 65.8 Å². The third kappa shape index (κ3) is 13.6. The highest BCUT2D eigenvalue weighted by atomic mass is 16.5. The molecule has 0 saturated heterocycles. The first-order valence-corrected chi connectivity index (χ1v) is 20.7. The van der Waals surface area contributed by atoms with Gasteiger partial charge in [-0.2, -0.15) is 0 Å². The molecular weight excluding hydrogens is 819 g/mol. The topological polar surface area (TPSA) is 252 Å². The first-order chi connectivity index (χ1) is 31.0. The van der Waals surface area contributed by atoms with Crippen molar-refractivity contribution in [3.05, 3.63) is 162 Å². The number of fused-ring (bicyclic) bond motifs is 1. The molecule has 0 bridgehead atoms. The van der Waals surface area contributed by atoms with Gasteiger partial charge in [-0.05, 0) is 35.2 Å². The highest BCUT2D eigenvalue weighted by Crippen LogP contribution is 2.19. The zero-order valence-electron chi connectivity index (χ0n) is 35.1. The number of carbonyl (C=O) groups is 6. The van der Waals surface area contributed by atoms with E-state index in [0.717, 1.165) is 22.0 Å². The molecule has 5 atom stereocenters. The molecule has 0 spiro atoms. The van der Waals surface area contributed by atoms with E-state index in [1.165, 1.54) is 19.4 Å². The maximum absolute atomic E-state index is 14.5. The fourth-order valence-electron chi connectivity index (χ4n) is 6.78. The summed E-state index contributed by atoms with van der Waals surface area (Å²) in [5, 5.41) is 14.3. The Bertz CT molecular complexity index is 2470. The predicted molar refractivity (Wildman–Crippen MR) is 237 cm³/mol. The summed E-state index contributed by atoms with van der Waals surface area (Å²) in [6.45, 7) is 1.12. The van der Waals surface area contributed by atoms with Crippen LogP contribution < -0.4 is 32.3 Å². The summed E-state index contributed by atoms with van der Waals surface area (Å²) in [6, 6.07) is 28.4. The van der Waals surface area contributed by atoms with Crippen LogP contribution in [0.4, 0.5) is 4.79 Å². The number of hydrogen-bond acceptors (Lipinski definition) is 9. The molecule has 6 rings (SSSR count). The number of alkyl carbamates (subject to hydrolysis) is 1. The summed E-state index contributed by atoms with van der Waals surface area (Å²) in [5.41, 5.74) is 9.73. The minimum absolute atomic E-state index is 0.00377. The average Bonchev–Trinajstić information content (AvgIpc) is 3.98. The second-order valence-corrected chi connectivity index (χ2v) is 15.1. The zero-order valence-corrected chi connectivity index (χ0v) is 35.1. The summed E-state index contributed by atoms with van der Waals surface area (Å²) in [6.07, 6.45) is 3.76. The van der Waals surface area contributed by atoms with Crippen molar-refractivity contribution in [3.63, 3.8) is 0 Å². The Labute approximate surface area is 369 Å². The molecule has 64 heavy (non-hydrogen) atoms. The molecule has 6 aromatic rings. The van der Waals surface area contributed by atoms with Crippen LogP contribution in [0.5, 0.6) is 0 Å². The van der Waals surface area contributed by atoms with Gasteiger partial charge in [0.05, 0.1) is 19.5 Å². The van der Waals surface area contributed by atoms with Crippen LogP contribution in [-0.2, 0) is 65.9 Å². The van der Waals surface area contributed by atoms with E-state index in [-0.39, 0.29) is 39.1 Å². The van der Waals surface area contributed by atoms with Gasteiger partial charge in [-0.3, -0.25) is 24.0 Å². The second-order valence-electron chi connectivity index (χ2n) is 15.1. The van der Waals surface area contributed by atoms with Crippen LogP contribution in [0.15, 0.2) is 134 Å². The highest BCUT2D eigenvalue weighted by molar-refractivity contribution is 5.96. The number of carbonyl (C=O) groups excluding carboxylic acids is 6. The van der Waals surface area contributed by atoms with Gasteiger partial charge in [0.15, 0.2) is 0 Å². The molecule has 4 aromatic carbocycles. The normalized spacial score (nSPS) is 13.3. The summed E-state index contributed by atoms with van der Waals surface area (Å²) >= 11 is 0. The fourth-order valence-corrected chi connectivity index (χ4v) is 6.78. The Morgan fingerprint density at radius 1 is 0.594 bits per heavy atom. The van der Waals surface area contributed by atoms with E-state index in [1.54, 1.807) is 60.8 Å². The number of aromatic amines is 2. The van der Waals surface area contributed by atoms with Crippen molar-refractivity contribution >= 4 is 46.5 Å². The zero-order chi connectivity index (χ0) is 45.3. The standard InChI is InChI=1S/C47H51N9O8/c1-30(42(48)57)52-43(58)39(22-34-24-50-37-20-12-11-19-36(34)37)54-46(61)41(28-63-26-32-15-7-3-8-16-32)55-44(59)38(21-31-13-5-2-6-14-31)53-45(60)40(23-35-25-49-29-51-35)56-47(62)64-27-33-17-9-4-10-18-33/h2-20,24-25,29-30,38-41,50H,21-23,26-28H2,1H3,(H2,48,57)(H,49,51)(H,52,58)(H,53,60)(H,54,61)(H,55,59)(H,56,62)/t30-,38+,39+,40+,41+/m0/s1. The maximum Gasteiger partial charge on any atom is 0.408 e. The summed E-state index contributed by atoms with van der Waals surface area (Å²) in [4.78, 5) is 91.9. The number of hydrogen-bond donors (Lipinski definition) is 8. The monoisotopic (exact) mass is 869 g/mol. The van der Waals surface area contributed by atoms with Crippen LogP contribution in [0.2, 0.25) is 0 Å². The Morgan fingerprint density at radius 3 is 1.75 bits per heavy atom. The van der Waals surface area contributed by atoms with E-state index in [1.807, 2.05) is 60.7 Å². The van der Waals surface area contributed by atoms with E-state index in [0.29, 0.717) is 16.8 Å². The van der Waals surface area contributed by atoms with Crippen LogP contribution in [0, 0.1) is 0 Å². The number of imidazole rings is 1. The minimum atomic E-state index is -1.40. The van der Waals surface area contributed by atoms with Crippen molar-refractivity contribution in [2.24, 2.45) is 5.73 Å². The van der Waals surface area contributed by atoms with Crippen molar-refractivity contribution in [3.8, 4) is 0 Å². The number of primary amides is 1. The molecule has 0 aliphatic rings. The van der Waals surface area contributed by atoms with Crippen LogP contribution in [-0.4, -0.2) is 87.4 Å². The molecule has 17 nitrogen and oxygen atoms in total. The number of nitrogens with two attached hydrogens (primary N) is 1. The van der Waals surface area contributed by atoms with Crippen molar-refractivity contribution < 1.29 is 38.2 Å². The molecule has 0 unspecified atom stereocenters. The molecule has 2 aromatic heterocycles. The molecule has 9 N–H and O–H groups in total. The first-order valence-electron chi connectivity index (χ1n) is 20.7. The number of amides is 6. The van der Waals surface area contributed by atoms with E-state index in [2.05, 4.69) is 41.5 Å². The number of rotatable bonds is 22. The molecular formula is C47H51N9O8. The quantitative estimate of drug-likeness (QED) is 0.0499. The Balaban J connectivity index is 1.24. The molecule has 0 aliphatic heterocycles. The van der Waals surface area contributed by atoms with Crippen LogP contribution in [0.1, 0.15) is 34.9 Å². The molecule has 0 aliphatic carbocycles. The lowest BCUT2D eigenvalue weighted by molar-refractivity contribution is -0.135. The Hall–Kier alpha value is -7.79. The summed E-state index contributed by atoms with van der Waals surface area (Å²) in [5.74, 6) is -3.72. The maximum atomic E-state index is 14.5. The predicted octanol–water partition coefficient (Wildman–Crippen LogP) is 2.88. The smallest absolute Gasteiger partial charge is 0.408 e. The summed E-state index contributed by atoms with van der Waals surface area (Å²) in [7, 11) is 0. The molecule has 17 heteroatoms. The van der Waals surface area contributed by atoms with Crippen molar-refractivity contribution in [2.75, 3.05) is 6.61 Å². The second kappa shape index (κ2) is 22.9. The number of H-pyrrole nitrogens is 2.